The lowest BCUT2D eigenvalue weighted by atomic mass is 9.83. The van der Waals surface area contributed by atoms with Crippen LogP contribution in [0.25, 0.3) is 0 Å². The van der Waals surface area contributed by atoms with Gasteiger partial charge in [0.1, 0.15) is 0 Å². The number of ether oxygens (including phenoxy) is 1. The number of hydrogen-bond donors (Lipinski definition) is 2. The number of nitrogens with zero attached hydrogens (tertiary/aromatic N) is 2. The fraction of sp³-hybridized carbons (Fsp3) is 0.636. The summed E-state index contributed by atoms with van der Waals surface area (Å²) in [5.41, 5.74) is 5.75. The molecule has 3 unspecified atom stereocenters. The van der Waals surface area contributed by atoms with Gasteiger partial charge in [0.05, 0.1) is 12.1 Å². The molecular formula is C11H18N4O2. The number of rotatable bonds is 4. The van der Waals surface area contributed by atoms with Crippen molar-refractivity contribution in [2.45, 2.75) is 31.5 Å². The van der Waals surface area contributed by atoms with Crippen molar-refractivity contribution in [2.75, 3.05) is 11.9 Å². The first-order valence-corrected chi connectivity index (χ1v) is 5.78. The molecule has 6 nitrogen and oxygen atoms in total. The van der Waals surface area contributed by atoms with Gasteiger partial charge in [-0.25, -0.2) is 4.98 Å². The molecule has 1 aromatic rings. The van der Waals surface area contributed by atoms with Crippen LogP contribution in [0.1, 0.15) is 13.3 Å². The minimum atomic E-state index is -0.151. The maximum atomic E-state index is 11.8. The normalized spacial score (nSPS) is 27.6. The third-order valence-electron chi connectivity index (χ3n) is 3.07. The van der Waals surface area contributed by atoms with Crippen molar-refractivity contribution in [3.05, 3.63) is 22.7 Å². The second-order valence-electron chi connectivity index (χ2n) is 4.26. The molecule has 3 atom stereocenters. The van der Waals surface area contributed by atoms with E-state index in [0.29, 0.717) is 12.4 Å². The number of aromatic nitrogens is 2. The molecule has 1 heterocycles. The molecule has 0 bridgehead atoms. The molecule has 0 aromatic carbocycles. The Hall–Kier alpha value is -1.40. The molecule has 1 aliphatic rings. The zero-order valence-electron chi connectivity index (χ0n) is 10.1. The average Bonchev–Trinajstić information content (AvgIpc) is 2.31. The predicted molar refractivity (Wildman–Crippen MR) is 64.9 cm³/mol. The number of aryl methyl sites for hydroxylation is 1. The molecule has 0 aliphatic heterocycles. The number of anilines is 1. The smallest absolute Gasteiger partial charge is 0.293 e. The van der Waals surface area contributed by atoms with Crippen LogP contribution < -0.4 is 16.6 Å². The Balaban J connectivity index is 2.10. The highest BCUT2D eigenvalue weighted by Crippen LogP contribution is 2.24. The molecule has 17 heavy (non-hydrogen) atoms. The highest BCUT2D eigenvalue weighted by molar-refractivity contribution is 5.35. The van der Waals surface area contributed by atoms with Crippen LogP contribution in [-0.4, -0.2) is 34.3 Å². The monoisotopic (exact) mass is 238 g/mol. The molecule has 2 rings (SSSR count). The lowest BCUT2D eigenvalue weighted by Crippen LogP contribution is -2.61. The Labute approximate surface area is 99.8 Å². The molecular weight excluding hydrogens is 220 g/mol. The zero-order valence-corrected chi connectivity index (χ0v) is 10.1. The number of nitrogens with one attached hydrogen (secondary N) is 1. The van der Waals surface area contributed by atoms with E-state index >= 15 is 0 Å². The zero-order chi connectivity index (χ0) is 12.4. The lowest BCUT2D eigenvalue weighted by Gasteiger charge is -2.42. The summed E-state index contributed by atoms with van der Waals surface area (Å²) in [5, 5.41) is 3.08. The van der Waals surface area contributed by atoms with Crippen molar-refractivity contribution in [1.29, 1.82) is 0 Å². The van der Waals surface area contributed by atoms with Gasteiger partial charge in [-0.15, -0.1) is 0 Å². The van der Waals surface area contributed by atoms with E-state index in [9.17, 15) is 4.79 Å². The second kappa shape index (κ2) is 4.85. The Kier molecular flexibility index (Phi) is 3.44. The fourth-order valence-electron chi connectivity index (χ4n) is 1.98. The Morgan fingerprint density at radius 1 is 1.71 bits per heavy atom. The van der Waals surface area contributed by atoms with Crippen LogP contribution in [-0.2, 0) is 11.8 Å². The van der Waals surface area contributed by atoms with Crippen LogP contribution in [0.15, 0.2) is 17.2 Å². The molecule has 0 saturated heterocycles. The third-order valence-corrected chi connectivity index (χ3v) is 3.07. The minimum Gasteiger partial charge on any atom is -0.376 e. The van der Waals surface area contributed by atoms with Crippen LogP contribution >= 0.6 is 0 Å². The van der Waals surface area contributed by atoms with Crippen molar-refractivity contribution in [2.24, 2.45) is 12.8 Å². The lowest BCUT2D eigenvalue weighted by molar-refractivity contribution is -0.0127. The summed E-state index contributed by atoms with van der Waals surface area (Å²) in [6.07, 6.45) is 4.10. The van der Waals surface area contributed by atoms with E-state index in [1.165, 1.54) is 4.57 Å². The van der Waals surface area contributed by atoms with Gasteiger partial charge < -0.3 is 20.4 Å². The summed E-state index contributed by atoms with van der Waals surface area (Å²) < 4.78 is 7.01. The van der Waals surface area contributed by atoms with Crippen molar-refractivity contribution >= 4 is 5.82 Å². The summed E-state index contributed by atoms with van der Waals surface area (Å²) in [7, 11) is 1.69. The third kappa shape index (κ3) is 2.32. The highest BCUT2D eigenvalue weighted by atomic mass is 16.5. The van der Waals surface area contributed by atoms with Gasteiger partial charge in [0, 0.05) is 32.1 Å². The van der Waals surface area contributed by atoms with Crippen LogP contribution in [0.2, 0.25) is 0 Å². The predicted octanol–water partition coefficient (Wildman–Crippen LogP) is -0.303. The van der Waals surface area contributed by atoms with E-state index in [-0.39, 0.29) is 23.7 Å². The molecule has 3 N–H and O–H groups in total. The molecule has 1 aromatic heterocycles. The molecule has 1 fully saturated rings. The van der Waals surface area contributed by atoms with Crippen molar-refractivity contribution in [3.63, 3.8) is 0 Å². The first-order valence-electron chi connectivity index (χ1n) is 5.78. The Bertz CT molecular complexity index is 443. The van der Waals surface area contributed by atoms with Crippen LogP contribution in [0, 0.1) is 0 Å². The van der Waals surface area contributed by atoms with E-state index in [0.717, 1.165) is 6.42 Å². The summed E-state index contributed by atoms with van der Waals surface area (Å²) >= 11 is 0. The minimum absolute atomic E-state index is 0.0123. The van der Waals surface area contributed by atoms with Crippen molar-refractivity contribution in [1.82, 2.24) is 9.55 Å². The number of nitrogens with two attached hydrogens (primary N) is 1. The largest absolute Gasteiger partial charge is 0.376 e. The van der Waals surface area contributed by atoms with Gasteiger partial charge in [-0.1, -0.05) is 0 Å². The number of hydrogen-bond acceptors (Lipinski definition) is 5. The van der Waals surface area contributed by atoms with Gasteiger partial charge in [-0.2, -0.15) is 0 Å². The fourth-order valence-corrected chi connectivity index (χ4v) is 1.98. The van der Waals surface area contributed by atoms with E-state index in [1.807, 2.05) is 6.92 Å². The summed E-state index contributed by atoms with van der Waals surface area (Å²) in [5.74, 6) is 0.333. The molecule has 6 heteroatoms. The maximum Gasteiger partial charge on any atom is 0.293 e. The van der Waals surface area contributed by atoms with Gasteiger partial charge in [0.15, 0.2) is 5.82 Å². The van der Waals surface area contributed by atoms with Gasteiger partial charge in [0.2, 0.25) is 0 Å². The quantitative estimate of drug-likeness (QED) is 0.752. The van der Waals surface area contributed by atoms with Gasteiger partial charge in [-0.3, -0.25) is 4.79 Å². The first-order chi connectivity index (χ1) is 8.13. The van der Waals surface area contributed by atoms with Crippen LogP contribution in [0.3, 0.4) is 0 Å². The van der Waals surface area contributed by atoms with E-state index in [2.05, 4.69) is 10.3 Å². The summed E-state index contributed by atoms with van der Waals surface area (Å²) in [6, 6.07) is -0.0178. The SMILES string of the molecule is CCOC1CC(N)C1Nc1nccn(C)c1=O. The topological polar surface area (TPSA) is 82.2 Å². The molecule has 0 amide bonds. The summed E-state index contributed by atoms with van der Waals surface area (Å²) in [6.45, 7) is 2.59. The molecule has 0 radical (unpaired) electrons. The van der Waals surface area contributed by atoms with E-state index in [4.69, 9.17) is 10.5 Å². The van der Waals surface area contributed by atoms with Gasteiger partial charge >= 0.3 is 0 Å². The molecule has 0 spiro atoms. The average molecular weight is 238 g/mol. The standard InChI is InChI=1S/C11H18N4O2/c1-3-17-8-6-7(12)9(8)14-10-11(16)15(2)5-4-13-10/h4-5,7-9H,3,6,12H2,1-2H3,(H,13,14). The Morgan fingerprint density at radius 2 is 2.47 bits per heavy atom. The first kappa shape index (κ1) is 12.1. The highest BCUT2D eigenvalue weighted by Gasteiger charge is 2.39. The molecule has 1 saturated carbocycles. The van der Waals surface area contributed by atoms with Crippen molar-refractivity contribution < 1.29 is 4.74 Å². The Morgan fingerprint density at radius 3 is 3.12 bits per heavy atom. The van der Waals surface area contributed by atoms with E-state index < -0.39 is 0 Å². The van der Waals surface area contributed by atoms with Crippen LogP contribution in [0.4, 0.5) is 5.82 Å². The van der Waals surface area contributed by atoms with Gasteiger partial charge in [-0.05, 0) is 13.3 Å². The van der Waals surface area contributed by atoms with E-state index in [1.54, 1.807) is 19.4 Å². The van der Waals surface area contributed by atoms with Crippen LogP contribution in [0.5, 0.6) is 0 Å². The molecule has 94 valence electrons. The maximum absolute atomic E-state index is 11.8. The molecule has 1 aliphatic carbocycles. The van der Waals surface area contributed by atoms with Gasteiger partial charge in [0.25, 0.3) is 5.56 Å². The van der Waals surface area contributed by atoms with Crippen molar-refractivity contribution in [3.8, 4) is 0 Å². The second-order valence-corrected chi connectivity index (χ2v) is 4.26. The summed E-state index contributed by atoms with van der Waals surface area (Å²) in [4.78, 5) is 15.8.